The van der Waals surface area contributed by atoms with Crippen molar-refractivity contribution in [1.82, 2.24) is 60.0 Å². The molecule has 8 saturated heterocycles. The largest absolute Gasteiger partial charge is 0.394 e. The lowest BCUT2D eigenvalue weighted by Crippen LogP contribution is -2.63. The van der Waals surface area contributed by atoms with E-state index in [1.807, 2.05) is 0 Å². The zero-order valence-electron chi connectivity index (χ0n) is 73.0. The summed E-state index contributed by atoms with van der Waals surface area (Å²) in [6, 6.07) is 17.4. The Morgan fingerprint density at radius 1 is 0.246 bits per heavy atom. The highest BCUT2D eigenvalue weighted by Crippen LogP contribution is 2.40. The van der Waals surface area contributed by atoms with Gasteiger partial charge in [0.1, 0.15) is 243 Å². The fraction of sp³-hybridized carbons (Fsp3) is 0.750. The number of aromatic nitrogens is 12. The monoisotopic (exact) mass is 1980 g/mol. The number of benzene rings is 2. The maximum Gasteiger partial charge on any atom is 0.187 e. The molecule has 0 unspecified atom stereocenters. The minimum atomic E-state index is -2.06. The summed E-state index contributed by atoms with van der Waals surface area (Å²) in [7, 11) is 0. The molecule has 4 aromatic heterocycles. The summed E-state index contributed by atoms with van der Waals surface area (Å²) >= 11 is 0. The van der Waals surface area contributed by atoms with Crippen molar-refractivity contribution in [3.8, 4) is 0 Å². The van der Waals surface area contributed by atoms with E-state index in [0.717, 1.165) is 18.7 Å². The van der Waals surface area contributed by atoms with E-state index in [-0.39, 0.29) is 36.0 Å². The Labute approximate surface area is 780 Å². The van der Waals surface area contributed by atoms with Gasteiger partial charge in [-0.05, 0) is 11.1 Å². The van der Waals surface area contributed by atoms with Gasteiger partial charge in [-0.3, -0.25) is 0 Å². The van der Waals surface area contributed by atoms with E-state index < -0.39 is 362 Å². The van der Waals surface area contributed by atoms with Crippen molar-refractivity contribution >= 4 is 0 Å². The van der Waals surface area contributed by atoms with Crippen LogP contribution >= 0.6 is 0 Å². The first-order chi connectivity index (χ1) is 66.3. The maximum absolute atomic E-state index is 11.9. The van der Waals surface area contributed by atoms with Gasteiger partial charge in [-0.1, -0.05) is 81.5 Å². The Bertz CT molecular complexity index is 4600. The van der Waals surface area contributed by atoms with E-state index >= 15 is 0 Å². The van der Waals surface area contributed by atoms with E-state index in [2.05, 4.69) is 41.2 Å². The number of aliphatic hydroxyl groups excluding tert-OH is 28. The molecule has 0 amide bonds. The minimum absolute atomic E-state index is 0.0741. The molecule has 44 atom stereocenters. The molecular weight excluding hydrogens is 1860 g/mol. The predicted octanol–water partition coefficient (Wildman–Crippen LogP) is -16.7. The summed E-state index contributed by atoms with van der Waals surface area (Å²) in [5.41, 5.74) is 0.765. The number of nitrogens with zero attached hydrogens (tertiary/aromatic N) is 12. The molecule has 8 aliphatic heterocycles. The summed E-state index contributed by atoms with van der Waals surface area (Å²) in [5.74, 6) is 0. The van der Waals surface area contributed by atoms with Gasteiger partial charge in [0.05, 0.1) is 130 Å². The highest BCUT2D eigenvalue weighted by atomic mass is 16.8. The average molecular weight is 1980 g/mol. The number of aliphatic hydroxyl groups is 28. The van der Waals surface area contributed by atoms with E-state index in [9.17, 15) is 143 Å². The molecule has 8 aliphatic rings. The van der Waals surface area contributed by atoms with E-state index in [0.29, 0.717) is 11.1 Å². The quantitative estimate of drug-likeness (QED) is 0.0169. The van der Waals surface area contributed by atoms with Crippen molar-refractivity contribution in [2.45, 2.75) is 309 Å². The number of hydrogen-bond donors (Lipinski definition) is 28. The fourth-order valence-electron chi connectivity index (χ4n) is 17.0. The summed E-state index contributed by atoms with van der Waals surface area (Å²) in [6.07, 6.45) is -75.1. The molecule has 774 valence electrons. The topological polar surface area (TPSA) is 855 Å². The highest BCUT2D eigenvalue weighted by molar-refractivity contribution is 5.15. The highest BCUT2D eigenvalue weighted by Gasteiger charge is 2.58. The molecule has 0 bridgehead atoms. The third-order valence-corrected chi connectivity index (χ3v) is 24.8. The summed E-state index contributed by atoms with van der Waals surface area (Å²) in [4.78, 5) is 0. The molecule has 0 radical (unpaired) electrons. The number of ether oxygens (including phenoxy) is 18. The summed E-state index contributed by atoms with van der Waals surface area (Å²) < 4.78 is 114. The smallest absolute Gasteiger partial charge is 0.187 e. The van der Waals surface area contributed by atoms with Gasteiger partial charge < -0.3 is 228 Å². The van der Waals surface area contributed by atoms with Crippen LogP contribution in [0.2, 0.25) is 0 Å². The van der Waals surface area contributed by atoms with Crippen LogP contribution in [-0.2, 0) is 125 Å². The first-order valence-corrected chi connectivity index (χ1v) is 44.0. The molecule has 58 nitrogen and oxygen atoms in total. The fourth-order valence-corrected chi connectivity index (χ4v) is 17.0. The minimum Gasteiger partial charge on any atom is -0.394 e. The third kappa shape index (κ3) is 24.0. The van der Waals surface area contributed by atoms with Crippen LogP contribution in [0.4, 0.5) is 0 Å². The summed E-state index contributed by atoms with van der Waals surface area (Å²) in [6.45, 7) is -11.5. The standard InChI is InChI=1S/C80H118N12O46/c93-15-37-47(101)51(105)63(117)77(131-37)135-67-41(19-97)127-73(59(113)55(67)109)89-11-33(81-85-89)25-122-30-46(124-26-34-12-90(86-82-34)74-60(114)56(110)68(42(20-98)128-74)136-78-64(118)52(106)48(102)38(16-94)132-78)72(126-28-36-14-92(88-84-36)76-62(116)58(112)70(44(22-100)130-76)138-80-66(120)54(108)50(104)40(18-96)134-80)71(45(123-24-32-9-5-2-6-10-32)29-121-23-31-7-3-1-4-8-31)125-27-35-13-91(87-83-35)75-61(115)57(111)69(43(21-99)129-75)137-79-65(119)53(107)49(103)39(17-95)133-79/h1-14,37-80,93-120H,15-30H2/t37-,38-,39-,40-,41-,42-,43-,44-,45-,46-,47+,48+,49+,50+,51+,52+,53+,54+,55-,56-,57-,58-,59-,60-,61-,62-,63-,64-,65-,66-,67-,68-,69-,70-,71-,72-,73-,74-,75-,76-,77+,78+,79+,80+/m1/s1. The Morgan fingerprint density at radius 3 is 0.754 bits per heavy atom. The SMILES string of the molecule is OC[C@H]1O[C@@H](O[C@H]2[C@H](O)[C@@H](O)[C@H](n3cc(COC[C@@H](OCc4cn([C@@H]5O[C@H](CO)[C@@H](O[C@@H]6O[C@H](CO)[C@H](O)[C@H](O)[C@H]6O)[C@H](O)[C@H]5O)nn4)[C@@H](OCc4cn([C@@H]5O[C@H](CO)[C@@H](O[C@@H]6O[C@H](CO)[C@H](O)[C@H](O)[C@H]6O)[C@H](O)[C@H]5O)nn4)[C@H](OCc4cn([C@@H]5O[C@H](CO)[C@@H](O[C@@H]6O[C@H](CO)[C@H](O)[C@H](O)[C@H]6O)[C@H](O)[C@H]5O)nn4)[C@@H](COCc4ccccc4)OCc4ccccc4)nn3)O[C@@H]2CO)[C@H](O)[C@@H](O)[C@H]1O. The van der Waals surface area contributed by atoms with Crippen LogP contribution in [-0.4, -0.2) is 514 Å². The van der Waals surface area contributed by atoms with Gasteiger partial charge in [0.2, 0.25) is 0 Å². The maximum atomic E-state index is 11.9. The lowest BCUT2D eigenvalue weighted by molar-refractivity contribution is -0.347. The Kier molecular flexibility index (Phi) is 37.7. The van der Waals surface area contributed by atoms with Crippen LogP contribution in [0.15, 0.2) is 85.5 Å². The van der Waals surface area contributed by atoms with Gasteiger partial charge in [0, 0.05) is 0 Å². The molecule has 0 saturated carbocycles. The van der Waals surface area contributed by atoms with Gasteiger partial charge in [-0.15, -0.1) is 20.4 Å². The number of rotatable bonds is 43. The van der Waals surface area contributed by atoms with Crippen molar-refractivity contribution in [3.05, 3.63) is 119 Å². The third-order valence-electron chi connectivity index (χ3n) is 24.8. The molecular formula is C80H118N12O46. The van der Waals surface area contributed by atoms with Gasteiger partial charge in [-0.25, -0.2) is 18.7 Å². The van der Waals surface area contributed by atoms with Gasteiger partial charge in [0.25, 0.3) is 0 Å². The molecule has 8 fully saturated rings. The van der Waals surface area contributed by atoms with Crippen molar-refractivity contribution in [1.29, 1.82) is 0 Å². The van der Waals surface area contributed by atoms with Crippen molar-refractivity contribution < 1.29 is 228 Å². The Hall–Kier alpha value is -6.84. The van der Waals surface area contributed by atoms with Crippen LogP contribution in [0, 0.1) is 0 Å². The molecule has 2 aromatic carbocycles. The van der Waals surface area contributed by atoms with E-state index in [4.69, 9.17) is 85.3 Å². The first-order valence-electron chi connectivity index (χ1n) is 44.0. The zero-order chi connectivity index (χ0) is 98.8. The molecule has 0 spiro atoms. The van der Waals surface area contributed by atoms with Crippen molar-refractivity contribution in [2.24, 2.45) is 0 Å². The van der Waals surface area contributed by atoms with Gasteiger partial charge in [0.15, 0.2) is 50.1 Å². The molecule has 58 heteroatoms. The molecule has 12 heterocycles. The lowest BCUT2D eigenvalue weighted by Gasteiger charge is -2.45. The molecule has 0 aliphatic carbocycles. The second-order valence-electron chi connectivity index (χ2n) is 34.1. The summed E-state index contributed by atoms with van der Waals surface area (Å²) in [5, 5.41) is 338. The van der Waals surface area contributed by atoms with Gasteiger partial charge in [-0.2, -0.15) is 0 Å². The second kappa shape index (κ2) is 48.7. The van der Waals surface area contributed by atoms with Crippen LogP contribution < -0.4 is 0 Å². The Balaban J connectivity index is 0.814. The first kappa shape index (κ1) is 107. The van der Waals surface area contributed by atoms with Crippen molar-refractivity contribution in [2.75, 3.05) is 66.1 Å². The van der Waals surface area contributed by atoms with E-state index in [1.54, 1.807) is 60.7 Å². The molecule has 138 heavy (non-hydrogen) atoms. The van der Waals surface area contributed by atoms with Crippen LogP contribution in [0.3, 0.4) is 0 Å². The number of hydrogen-bond acceptors (Lipinski definition) is 54. The van der Waals surface area contributed by atoms with E-state index in [1.165, 1.54) is 24.8 Å². The Morgan fingerprint density at radius 2 is 0.486 bits per heavy atom. The average Bonchev–Trinajstić information content (AvgIpc) is 1.74. The molecule has 6 aromatic rings. The lowest BCUT2D eigenvalue weighted by atomic mass is 9.96. The molecule has 28 N–H and O–H groups in total. The predicted molar refractivity (Wildman–Crippen MR) is 433 cm³/mol. The molecule has 14 rings (SSSR count). The van der Waals surface area contributed by atoms with Crippen molar-refractivity contribution in [3.63, 3.8) is 0 Å². The van der Waals surface area contributed by atoms with Crippen LogP contribution in [0.1, 0.15) is 58.8 Å². The second-order valence-corrected chi connectivity index (χ2v) is 34.1. The zero-order valence-corrected chi connectivity index (χ0v) is 73.0. The van der Waals surface area contributed by atoms with Gasteiger partial charge >= 0.3 is 0 Å². The van der Waals surface area contributed by atoms with Crippen LogP contribution in [0.5, 0.6) is 0 Å². The normalized spacial score (nSPS) is 39.7. The van der Waals surface area contributed by atoms with Crippen LogP contribution in [0.25, 0.3) is 0 Å².